The summed E-state index contributed by atoms with van der Waals surface area (Å²) in [6.45, 7) is 0. The van der Waals surface area contributed by atoms with E-state index in [2.05, 4.69) is 20.8 Å². The molecule has 0 bridgehead atoms. The highest BCUT2D eigenvalue weighted by Crippen LogP contribution is 2.30. The maximum Gasteiger partial charge on any atom is 0.416 e. The summed E-state index contributed by atoms with van der Waals surface area (Å²) in [5.41, 5.74) is -0.526. The van der Waals surface area contributed by atoms with Crippen LogP contribution in [0.25, 0.3) is 0 Å². The number of hydrogen-bond acceptors (Lipinski definition) is 4. The lowest BCUT2D eigenvalue weighted by molar-refractivity contribution is -0.137. The Hall–Kier alpha value is -3.49. The molecule has 1 aromatic heterocycles. The molecule has 138 valence electrons. The fraction of sp³-hybridized carbons (Fsp3) is 0.0556. The fourth-order valence-corrected chi connectivity index (χ4v) is 2.20. The van der Waals surface area contributed by atoms with E-state index in [-0.39, 0.29) is 17.2 Å². The van der Waals surface area contributed by atoms with Crippen LogP contribution in [0.15, 0.2) is 60.7 Å². The molecule has 1 heterocycles. The van der Waals surface area contributed by atoms with Gasteiger partial charge in [0.25, 0.3) is 5.91 Å². The normalized spacial score (nSPS) is 11.1. The fourth-order valence-electron chi connectivity index (χ4n) is 2.20. The average Bonchev–Trinajstić information content (AvgIpc) is 2.62. The number of carbonyl (C=O) groups excluding carboxylic acids is 1. The van der Waals surface area contributed by atoms with E-state index < -0.39 is 23.5 Å². The zero-order valence-corrected chi connectivity index (χ0v) is 13.6. The molecule has 1 amide bonds. The molecule has 3 aromatic rings. The van der Waals surface area contributed by atoms with Crippen molar-refractivity contribution in [2.24, 2.45) is 0 Å². The highest BCUT2D eigenvalue weighted by atomic mass is 19.4. The molecule has 0 saturated carbocycles. The second-order valence-electron chi connectivity index (χ2n) is 5.47. The minimum atomic E-state index is -4.51. The summed E-state index contributed by atoms with van der Waals surface area (Å²) in [6, 6.07) is 12.7. The molecule has 0 radical (unpaired) electrons. The van der Waals surface area contributed by atoms with Crippen molar-refractivity contribution in [1.82, 2.24) is 10.2 Å². The summed E-state index contributed by atoms with van der Waals surface area (Å²) in [5.74, 6) is -0.861. The molecule has 5 nitrogen and oxygen atoms in total. The molecule has 2 N–H and O–H groups in total. The van der Waals surface area contributed by atoms with E-state index in [1.807, 2.05) is 0 Å². The van der Waals surface area contributed by atoms with Crippen molar-refractivity contribution in [2.45, 2.75) is 6.18 Å². The number of amides is 1. The van der Waals surface area contributed by atoms with Gasteiger partial charge in [-0.2, -0.15) is 13.2 Å². The number of alkyl halides is 3. The predicted octanol–water partition coefficient (Wildman–Crippen LogP) is 4.63. The lowest BCUT2D eigenvalue weighted by Gasteiger charge is -2.10. The molecule has 0 spiro atoms. The van der Waals surface area contributed by atoms with Crippen molar-refractivity contribution in [3.8, 4) is 0 Å². The molecule has 0 saturated heterocycles. The third kappa shape index (κ3) is 4.78. The maximum atomic E-state index is 13.1. The van der Waals surface area contributed by atoms with Crippen LogP contribution in [0.2, 0.25) is 0 Å². The van der Waals surface area contributed by atoms with Gasteiger partial charge in [-0.15, -0.1) is 10.2 Å². The summed E-state index contributed by atoms with van der Waals surface area (Å²) in [4.78, 5) is 12.1. The van der Waals surface area contributed by atoms with Gasteiger partial charge in [-0.3, -0.25) is 4.79 Å². The first-order chi connectivity index (χ1) is 12.8. The molecule has 2 aromatic carbocycles. The quantitative estimate of drug-likeness (QED) is 0.652. The Bertz CT molecular complexity index is 958. The van der Waals surface area contributed by atoms with E-state index >= 15 is 0 Å². The van der Waals surface area contributed by atoms with Crippen LogP contribution in [-0.4, -0.2) is 16.1 Å². The van der Waals surface area contributed by atoms with Crippen LogP contribution < -0.4 is 10.6 Å². The van der Waals surface area contributed by atoms with Gasteiger partial charge in [-0.25, -0.2) is 4.39 Å². The van der Waals surface area contributed by atoms with E-state index in [0.717, 1.165) is 12.1 Å². The third-order valence-corrected chi connectivity index (χ3v) is 3.44. The van der Waals surface area contributed by atoms with Crippen molar-refractivity contribution in [2.75, 3.05) is 10.6 Å². The summed E-state index contributed by atoms with van der Waals surface area (Å²) in [6.07, 6.45) is -4.51. The number of halogens is 4. The highest BCUT2D eigenvalue weighted by Gasteiger charge is 2.30. The molecular weight excluding hydrogens is 364 g/mol. The second-order valence-corrected chi connectivity index (χ2v) is 5.47. The van der Waals surface area contributed by atoms with Crippen LogP contribution in [0.1, 0.15) is 16.1 Å². The largest absolute Gasteiger partial charge is 0.416 e. The Morgan fingerprint density at radius 1 is 0.889 bits per heavy atom. The van der Waals surface area contributed by atoms with Gasteiger partial charge in [0.15, 0.2) is 11.5 Å². The predicted molar refractivity (Wildman–Crippen MR) is 91.1 cm³/mol. The summed E-state index contributed by atoms with van der Waals surface area (Å²) in [7, 11) is 0. The van der Waals surface area contributed by atoms with Crippen LogP contribution in [0.3, 0.4) is 0 Å². The Morgan fingerprint density at radius 3 is 2.30 bits per heavy atom. The third-order valence-electron chi connectivity index (χ3n) is 3.44. The number of benzene rings is 2. The van der Waals surface area contributed by atoms with E-state index in [0.29, 0.717) is 5.69 Å². The topological polar surface area (TPSA) is 66.9 Å². The number of nitrogens with one attached hydrogen (secondary N) is 2. The number of anilines is 3. The molecular formula is C18H12F4N4O. The minimum Gasteiger partial charge on any atom is -0.339 e. The average molecular weight is 376 g/mol. The molecule has 0 aliphatic rings. The second kappa shape index (κ2) is 7.40. The minimum absolute atomic E-state index is 0.0152. The number of nitrogens with zero attached hydrogens (tertiary/aromatic N) is 2. The molecule has 0 aliphatic heterocycles. The number of rotatable bonds is 4. The van der Waals surface area contributed by atoms with Crippen molar-refractivity contribution in [3.05, 3.63) is 77.7 Å². The van der Waals surface area contributed by atoms with Crippen molar-refractivity contribution >= 4 is 23.1 Å². The number of aromatic nitrogens is 2. The van der Waals surface area contributed by atoms with Crippen molar-refractivity contribution in [1.29, 1.82) is 0 Å². The Balaban J connectivity index is 1.69. The lowest BCUT2D eigenvalue weighted by Crippen LogP contribution is -2.15. The van der Waals surface area contributed by atoms with Gasteiger partial charge in [0.1, 0.15) is 5.82 Å². The van der Waals surface area contributed by atoms with E-state index in [1.165, 1.54) is 42.5 Å². The van der Waals surface area contributed by atoms with Crippen molar-refractivity contribution < 1.29 is 22.4 Å². The van der Waals surface area contributed by atoms with Gasteiger partial charge < -0.3 is 10.6 Å². The van der Waals surface area contributed by atoms with E-state index in [1.54, 1.807) is 6.07 Å². The summed E-state index contributed by atoms with van der Waals surface area (Å²) >= 11 is 0. The van der Waals surface area contributed by atoms with Gasteiger partial charge in [-0.1, -0.05) is 12.1 Å². The highest BCUT2D eigenvalue weighted by molar-refractivity contribution is 6.02. The zero-order chi connectivity index (χ0) is 19.4. The molecule has 0 atom stereocenters. The standard InChI is InChI=1S/C18H12F4N4O/c19-12-4-2-6-14(10-12)23-16-8-7-15(25-26-16)17(27)24-13-5-1-3-11(9-13)18(20,21)22/h1-10H,(H,23,26)(H,24,27). The number of hydrogen-bond donors (Lipinski definition) is 2. The maximum absolute atomic E-state index is 13.1. The van der Waals surface area contributed by atoms with E-state index in [9.17, 15) is 22.4 Å². The van der Waals surface area contributed by atoms with Gasteiger partial charge >= 0.3 is 6.18 Å². The summed E-state index contributed by atoms with van der Waals surface area (Å²) in [5, 5.41) is 12.7. The first kappa shape index (κ1) is 18.3. The van der Waals surface area contributed by atoms with Gasteiger partial charge in [0.2, 0.25) is 0 Å². The molecule has 27 heavy (non-hydrogen) atoms. The molecule has 0 unspecified atom stereocenters. The van der Waals surface area contributed by atoms with E-state index in [4.69, 9.17) is 0 Å². The van der Waals surface area contributed by atoms with Crippen LogP contribution >= 0.6 is 0 Å². The first-order valence-corrected chi connectivity index (χ1v) is 7.66. The summed E-state index contributed by atoms with van der Waals surface area (Å²) < 4.78 is 51.3. The number of carbonyl (C=O) groups is 1. The van der Waals surface area contributed by atoms with Gasteiger partial charge in [0.05, 0.1) is 5.56 Å². The van der Waals surface area contributed by atoms with Crippen molar-refractivity contribution in [3.63, 3.8) is 0 Å². The zero-order valence-electron chi connectivity index (χ0n) is 13.6. The monoisotopic (exact) mass is 376 g/mol. The molecule has 0 fully saturated rings. The molecule has 9 heteroatoms. The molecule has 0 aliphatic carbocycles. The van der Waals surface area contributed by atoms with Crippen LogP contribution in [0.4, 0.5) is 34.8 Å². The Labute approximate surface area is 151 Å². The lowest BCUT2D eigenvalue weighted by atomic mass is 10.2. The van der Waals surface area contributed by atoms with Crippen LogP contribution in [0, 0.1) is 5.82 Å². The first-order valence-electron chi connectivity index (χ1n) is 7.66. The SMILES string of the molecule is O=C(Nc1cccc(C(F)(F)F)c1)c1ccc(Nc2cccc(F)c2)nn1. The van der Waals surface area contributed by atoms with Crippen LogP contribution in [-0.2, 0) is 6.18 Å². The molecule has 3 rings (SSSR count). The Morgan fingerprint density at radius 2 is 1.63 bits per heavy atom. The van der Waals surface area contributed by atoms with Gasteiger partial charge in [-0.05, 0) is 48.5 Å². The Kier molecular flexibility index (Phi) is 5.02. The van der Waals surface area contributed by atoms with Gasteiger partial charge in [0, 0.05) is 11.4 Å². The van der Waals surface area contributed by atoms with Crippen LogP contribution in [0.5, 0.6) is 0 Å². The smallest absolute Gasteiger partial charge is 0.339 e.